The van der Waals surface area contributed by atoms with E-state index in [1.165, 1.54) is 12.8 Å². The number of hydrogen-bond acceptors (Lipinski definition) is 4. The third-order valence-corrected chi connectivity index (χ3v) is 4.11. The standard InChI is InChI=1S/C13H19N3O/c1-8-4-13(15-7-12(8)14)16-9-2-3-10(16)6-11(17)5-9/h4,7,9-11,17H,2-3,5-6,14H2,1H3. The molecule has 2 atom stereocenters. The van der Waals surface area contributed by atoms with Crippen molar-refractivity contribution < 1.29 is 5.11 Å². The molecular weight excluding hydrogens is 214 g/mol. The zero-order valence-electron chi connectivity index (χ0n) is 10.1. The number of anilines is 2. The summed E-state index contributed by atoms with van der Waals surface area (Å²) in [6.07, 6.45) is 5.72. The van der Waals surface area contributed by atoms with E-state index < -0.39 is 0 Å². The van der Waals surface area contributed by atoms with Gasteiger partial charge in [0.1, 0.15) is 5.82 Å². The summed E-state index contributed by atoms with van der Waals surface area (Å²) in [6, 6.07) is 2.98. The molecule has 3 heterocycles. The third-order valence-electron chi connectivity index (χ3n) is 4.11. The molecule has 2 unspecified atom stereocenters. The average molecular weight is 233 g/mol. The Bertz CT molecular complexity index is 421. The Kier molecular flexibility index (Phi) is 2.47. The molecule has 3 rings (SSSR count). The van der Waals surface area contributed by atoms with Crippen molar-refractivity contribution in [3.63, 3.8) is 0 Å². The van der Waals surface area contributed by atoms with E-state index in [9.17, 15) is 5.11 Å². The number of rotatable bonds is 1. The number of aliphatic hydroxyl groups is 1. The zero-order valence-corrected chi connectivity index (χ0v) is 10.1. The molecule has 4 nitrogen and oxygen atoms in total. The number of piperidine rings is 1. The summed E-state index contributed by atoms with van der Waals surface area (Å²) in [7, 11) is 0. The minimum absolute atomic E-state index is 0.126. The molecule has 0 amide bonds. The van der Waals surface area contributed by atoms with Gasteiger partial charge in [0, 0.05) is 12.1 Å². The van der Waals surface area contributed by atoms with Crippen molar-refractivity contribution in [2.45, 2.75) is 50.8 Å². The van der Waals surface area contributed by atoms with E-state index in [0.29, 0.717) is 12.1 Å². The van der Waals surface area contributed by atoms with Gasteiger partial charge in [-0.25, -0.2) is 4.98 Å². The van der Waals surface area contributed by atoms with Crippen molar-refractivity contribution >= 4 is 11.5 Å². The molecule has 0 spiro atoms. The van der Waals surface area contributed by atoms with Crippen LogP contribution in [0.1, 0.15) is 31.2 Å². The van der Waals surface area contributed by atoms with E-state index in [0.717, 1.165) is 29.9 Å². The van der Waals surface area contributed by atoms with Gasteiger partial charge in [-0.2, -0.15) is 0 Å². The van der Waals surface area contributed by atoms with Crippen molar-refractivity contribution in [2.24, 2.45) is 0 Å². The summed E-state index contributed by atoms with van der Waals surface area (Å²) in [5.74, 6) is 1.02. The van der Waals surface area contributed by atoms with Crippen LogP contribution in [0.5, 0.6) is 0 Å². The van der Waals surface area contributed by atoms with Crippen LogP contribution < -0.4 is 10.6 Å². The number of aryl methyl sites for hydroxylation is 1. The Morgan fingerprint density at radius 1 is 1.35 bits per heavy atom. The molecule has 2 aliphatic rings. The molecule has 1 aromatic heterocycles. The quantitative estimate of drug-likeness (QED) is 0.771. The number of nitrogen functional groups attached to an aromatic ring is 1. The maximum atomic E-state index is 9.79. The van der Waals surface area contributed by atoms with E-state index in [-0.39, 0.29) is 6.10 Å². The predicted octanol–water partition coefficient (Wildman–Crippen LogP) is 1.46. The van der Waals surface area contributed by atoms with E-state index in [1.807, 2.05) is 6.92 Å². The Balaban J connectivity index is 1.92. The number of nitrogens with zero attached hydrogens (tertiary/aromatic N) is 2. The Morgan fingerprint density at radius 2 is 2.00 bits per heavy atom. The van der Waals surface area contributed by atoms with Crippen LogP contribution >= 0.6 is 0 Å². The normalized spacial score (nSPS) is 31.9. The van der Waals surface area contributed by atoms with Crippen LogP contribution in [0.3, 0.4) is 0 Å². The first kappa shape index (κ1) is 10.8. The fraction of sp³-hybridized carbons (Fsp3) is 0.615. The first-order chi connectivity index (χ1) is 8.15. The SMILES string of the molecule is Cc1cc(N2C3CCC2CC(O)C3)ncc1N. The molecule has 0 aliphatic carbocycles. The Hall–Kier alpha value is -1.29. The topological polar surface area (TPSA) is 62.4 Å². The van der Waals surface area contributed by atoms with Crippen LogP contribution in [-0.2, 0) is 0 Å². The molecule has 3 N–H and O–H groups in total. The summed E-state index contributed by atoms with van der Waals surface area (Å²) in [5, 5.41) is 9.79. The minimum Gasteiger partial charge on any atom is -0.397 e. The fourth-order valence-corrected chi connectivity index (χ4v) is 3.22. The highest BCUT2D eigenvalue weighted by atomic mass is 16.3. The number of aromatic nitrogens is 1. The summed E-state index contributed by atoms with van der Waals surface area (Å²) in [4.78, 5) is 6.84. The summed E-state index contributed by atoms with van der Waals surface area (Å²) in [6.45, 7) is 2.02. The molecule has 2 saturated heterocycles. The molecule has 2 bridgehead atoms. The number of fused-ring (bicyclic) bond motifs is 2. The lowest BCUT2D eigenvalue weighted by atomic mass is 10.00. The average Bonchev–Trinajstić information content (AvgIpc) is 2.55. The smallest absolute Gasteiger partial charge is 0.129 e. The Morgan fingerprint density at radius 3 is 2.59 bits per heavy atom. The molecule has 2 aliphatic heterocycles. The summed E-state index contributed by atoms with van der Waals surface area (Å²) >= 11 is 0. The summed E-state index contributed by atoms with van der Waals surface area (Å²) in [5.41, 5.74) is 7.64. The van der Waals surface area contributed by atoms with Crippen molar-refractivity contribution in [1.29, 1.82) is 0 Å². The molecule has 4 heteroatoms. The molecule has 92 valence electrons. The van der Waals surface area contributed by atoms with Crippen LogP contribution in [0.4, 0.5) is 11.5 Å². The van der Waals surface area contributed by atoms with Gasteiger partial charge in [-0.1, -0.05) is 0 Å². The third kappa shape index (κ3) is 1.76. The first-order valence-electron chi connectivity index (χ1n) is 6.33. The first-order valence-corrected chi connectivity index (χ1v) is 6.33. The number of pyridine rings is 1. The second kappa shape index (κ2) is 3.88. The van der Waals surface area contributed by atoms with Crippen LogP contribution in [0.15, 0.2) is 12.3 Å². The van der Waals surface area contributed by atoms with Crippen LogP contribution in [0.2, 0.25) is 0 Å². The lowest BCUT2D eigenvalue weighted by Gasteiger charge is -2.38. The molecule has 0 saturated carbocycles. The molecular formula is C13H19N3O. The van der Waals surface area contributed by atoms with Gasteiger partial charge in [-0.05, 0) is 44.2 Å². The van der Waals surface area contributed by atoms with Crippen LogP contribution in [0, 0.1) is 6.92 Å². The predicted molar refractivity (Wildman–Crippen MR) is 67.9 cm³/mol. The van der Waals surface area contributed by atoms with Gasteiger partial charge >= 0.3 is 0 Å². The number of nitrogens with two attached hydrogens (primary N) is 1. The maximum absolute atomic E-state index is 9.79. The van der Waals surface area contributed by atoms with E-state index >= 15 is 0 Å². The lowest BCUT2D eigenvalue weighted by molar-refractivity contribution is 0.126. The molecule has 2 fully saturated rings. The van der Waals surface area contributed by atoms with Crippen molar-refractivity contribution in [1.82, 2.24) is 4.98 Å². The fourth-order valence-electron chi connectivity index (χ4n) is 3.22. The minimum atomic E-state index is -0.126. The second-order valence-corrected chi connectivity index (χ2v) is 5.32. The van der Waals surface area contributed by atoms with Crippen LogP contribution in [0.25, 0.3) is 0 Å². The van der Waals surface area contributed by atoms with Crippen LogP contribution in [-0.4, -0.2) is 28.3 Å². The highest BCUT2D eigenvalue weighted by molar-refractivity contribution is 5.54. The van der Waals surface area contributed by atoms with Gasteiger partial charge in [-0.15, -0.1) is 0 Å². The largest absolute Gasteiger partial charge is 0.397 e. The monoisotopic (exact) mass is 233 g/mol. The van der Waals surface area contributed by atoms with Gasteiger partial charge in [0.25, 0.3) is 0 Å². The molecule has 17 heavy (non-hydrogen) atoms. The Labute approximate surface area is 101 Å². The van der Waals surface area contributed by atoms with Crippen molar-refractivity contribution in [3.05, 3.63) is 17.8 Å². The van der Waals surface area contributed by atoms with Gasteiger partial charge in [0.15, 0.2) is 0 Å². The van der Waals surface area contributed by atoms with Crippen molar-refractivity contribution in [3.8, 4) is 0 Å². The second-order valence-electron chi connectivity index (χ2n) is 5.32. The van der Waals surface area contributed by atoms with Gasteiger partial charge in [0.2, 0.25) is 0 Å². The lowest BCUT2D eigenvalue weighted by Crippen LogP contribution is -2.45. The summed E-state index contributed by atoms with van der Waals surface area (Å²) < 4.78 is 0. The van der Waals surface area contributed by atoms with Gasteiger partial charge in [0.05, 0.1) is 18.0 Å². The molecule has 1 aromatic rings. The highest BCUT2D eigenvalue weighted by Gasteiger charge is 2.40. The van der Waals surface area contributed by atoms with E-state index in [4.69, 9.17) is 5.73 Å². The molecule has 0 radical (unpaired) electrons. The molecule has 0 aromatic carbocycles. The van der Waals surface area contributed by atoms with E-state index in [2.05, 4.69) is 16.0 Å². The number of aliphatic hydroxyl groups excluding tert-OH is 1. The van der Waals surface area contributed by atoms with Gasteiger partial charge < -0.3 is 15.7 Å². The number of hydrogen-bond donors (Lipinski definition) is 2. The maximum Gasteiger partial charge on any atom is 0.129 e. The van der Waals surface area contributed by atoms with E-state index in [1.54, 1.807) is 6.20 Å². The van der Waals surface area contributed by atoms with Crippen molar-refractivity contribution in [2.75, 3.05) is 10.6 Å². The zero-order chi connectivity index (χ0) is 12.0. The highest BCUT2D eigenvalue weighted by Crippen LogP contribution is 2.38. The van der Waals surface area contributed by atoms with Gasteiger partial charge in [-0.3, -0.25) is 0 Å².